The Labute approximate surface area is 135 Å². The van der Waals surface area contributed by atoms with Gasteiger partial charge in [-0.25, -0.2) is 9.97 Å². The monoisotopic (exact) mass is 309 g/mol. The Morgan fingerprint density at radius 2 is 1.91 bits per heavy atom. The van der Waals surface area contributed by atoms with E-state index in [4.69, 9.17) is 4.42 Å². The molecule has 3 aromatic rings. The molecule has 0 aliphatic carbocycles. The molecule has 23 heavy (non-hydrogen) atoms. The Morgan fingerprint density at radius 3 is 2.70 bits per heavy atom. The van der Waals surface area contributed by atoms with E-state index in [1.807, 2.05) is 43.3 Å². The van der Waals surface area contributed by atoms with Gasteiger partial charge in [0.2, 0.25) is 11.8 Å². The lowest BCUT2D eigenvalue weighted by Gasteiger charge is -2.06. The number of nitrogens with zero attached hydrogens (tertiary/aromatic N) is 4. The molecule has 0 bridgehead atoms. The zero-order chi connectivity index (χ0) is 16.1. The van der Waals surface area contributed by atoms with Crippen LogP contribution in [0.4, 0.5) is 5.82 Å². The third-order valence-electron chi connectivity index (χ3n) is 3.39. The van der Waals surface area contributed by atoms with Crippen molar-refractivity contribution in [2.45, 2.75) is 26.7 Å². The number of benzene rings is 1. The molecule has 0 aliphatic rings. The second-order valence-corrected chi connectivity index (χ2v) is 5.19. The quantitative estimate of drug-likeness (QED) is 0.754. The first-order chi connectivity index (χ1) is 11.2. The molecule has 6 nitrogen and oxygen atoms in total. The summed E-state index contributed by atoms with van der Waals surface area (Å²) in [7, 11) is 0. The van der Waals surface area contributed by atoms with E-state index < -0.39 is 0 Å². The first-order valence-electron chi connectivity index (χ1n) is 7.71. The average Bonchev–Trinajstić information content (AvgIpc) is 3.04. The molecule has 0 unspecified atom stereocenters. The van der Waals surface area contributed by atoms with Crippen molar-refractivity contribution in [3.63, 3.8) is 0 Å². The number of nitrogens with one attached hydrogen (secondary N) is 1. The Bertz CT molecular complexity index is 770. The average molecular weight is 309 g/mol. The van der Waals surface area contributed by atoms with Gasteiger partial charge in [-0.2, -0.15) is 0 Å². The van der Waals surface area contributed by atoms with Crippen LogP contribution in [0.2, 0.25) is 0 Å². The predicted octanol–water partition coefficient (Wildman–Crippen LogP) is 3.05. The van der Waals surface area contributed by atoms with Crippen LogP contribution in [0.3, 0.4) is 0 Å². The summed E-state index contributed by atoms with van der Waals surface area (Å²) in [6.45, 7) is 4.65. The van der Waals surface area contributed by atoms with Gasteiger partial charge in [0.15, 0.2) is 0 Å². The normalized spacial score (nSPS) is 10.7. The third kappa shape index (κ3) is 3.91. The van der Waals surface area contributed by atoms with Gasteiger partial charge in [-0.15, -0.1) is 10.2 Å². The molecule has 3 rings (SSSR count). The van der Waals surface area contributed by atoms with E-state index >= 15 is 0 Å². The summed E-state index contributed by atoms with van der Waals surface area (Å²) in [5, 5.41) is 11.4. The summed E-state index contributed by atoms with van der Waals surface area (Å²) in [6.07, 6.45) is 1.53. The SMILES string of the molecule is CCc1cc(NCCc2nnc(-c3ccccc3)o2)nc(C)n1. The first kappa shape index (κ1) is 15.1. The molecule has 1 N–H and O–H groups in total. The third-order valence-corrected chi connectivity index (χ3v) is 3.39. The summed E-state index contributed by atoms with van der Waals surface area (Å²) in [6, 6.07) is 11.7. The van der Waals surface area contributed by atoms with Gasteiger partial charge in [0.05, 0.1) is 0 Å². The van der Waals surface area contributed by atoms with Crippen molar-refractivity contribution in [3.05, 3.63) is 53.8 Å². The fourth-order valence-corrected chi connectivity index (χ4v) is 2.25. The number of anilines is 1. The topological polar surface area (TPSA) is 76.7 Å². The molecule has 0 radical (unpaired) electrons. The first-order valence-corrected chi connectivity index (χ1v) is 7.71. The Morgan fingerprint density at radius 1 is 1.09 bits per heavy atom. The number of hydrogen-bond donors (Lipinski definition) is 1. The van der Waals surface area contributed by atoms with Crippen LogP contribution in [0.25, 0.3) is 11.5 Å². The zero-order valence-electron chi connectivity index (χ0n) is 13.3. The highest BCUT2D eigenvalue weighted by molar-refractivity contribution is 5.51. The summed E-state index contributed by atoms with van der Waals surface area (Å²) < 4.78 is 5.68. The summed E-state index contributed by atoms with van der Waals surface area (Å²) >= 11 is 0. The minimum absolute atomic E-state index is 0.548. The summed E-state index contributed by atoms with van der Waals surface area (Å²) in [5.41, 5.74) is 1.96. The molecule has 0 atom stereocenters. The molecule has 6 heteroatoms. The van der Waals surface area contributed by atoms with Crippen LogP contribution in [0.5, 0.6) is 0 Å². The fourth-order valence-electron chi connectivity index (χ4n) is 2.25. The van der Waals surface area contributed by atoms with E-state index in [9.17, 15) is 0 Å². The van der Waals surface area contributed by atoms with Crippen molar-refractivity contribution < 1.29 is 4.42 Å². The molecule has 0 spiro atoms. The molecule has 118 valence electrons. The summed E-state index contributed by atoms with van der Waals surface area (Å²) in [5.74, 6) is 2.76. The Kier molecular flexibility index (Phi) is 4.61. The van der Waals surface area contributed by atoms with E-state index in [1.54, 1.807) is 0 Å². The van der Waals surface area contributed by atoms with E-state index in [0.29, 0.717) is 24.7 Å². The summed E-state index contributed by atoms with van der Waals surface area (Å²) in [4.78, 5) is 8.74. The molecule has 0 aliphatic heterocycles. The van der Waals surface area contributed by atoms with Crippen molar-refractivity contribution in [2.24, 2.45) is 0 Å². The van der Waals surface area contributed by atoms with Gasteiger partial charge in [0.1, 0.15) is 11.6 Å². The number of aryl methyl sites for hydroxylation is 2. The van der Waals surface area contributed by atoms with Crippen LogP contribution in [-0.2, 0) is 12.8 Å². The highest BCUT2D eigenvalue weighted by atomic mass is 16.4. The minimum Gasteiger partial charge on any atom is -0.421 e. The van der Waals surface area contributed by atoms with Gasteiger partial charge >= 0.3 is 0 Å². The van der Waals surface area contributed by atoms with Crippen LogP contribution < -0.4 is 5.32 Å². The maximum atomic E-state index is 5.68. The van der Waals surface area contributed by atoms with Gasteiger partial charge in [-0.1, -0.05) is 25.1 Å². The van der Waals surface area contributed by atoms with Gasteiger partial charge < -0.3 is 9.73 Å². The van der Waals surface area contributed by atoms with Gasteiger partial charge in [-0.3, -0.25) is 0 Å². The molecular formula is C17H19N5O. The predicted molar refractivity (Wildman–Crippen MR) is 88.1 cm³/mol. The van der Waals surface area contributed by atoms with Crippen molar-refractivity contribution in [1.82, 2.24) is 20.2 Å². The standard InChI is InChI=1S/C17H19N5O/c1-3-14-11-15(20-12(2)19-14)18-10-9-16-21-22-17(23-16)13-7-5-4-6-8-13/h4-8,11H,3,9-10H2,1-2H3,(H,18,19,20). The Balaban J connectivity index is 1.59. The molecule has 2 aromatic heterocycles. The largest absolute Gasteiger partial charge is 0.421 e. The van der Waals surface area contributed by atoms with E-state index in [2.05, 4.69) is 32.4 Å². The van der Waals surface area contributed by atoms with Crippen molar-refractivity contribution in [1.29, 1.82) is 0 Å². The van der Waals surface area contributed by atoms with E-state index in [1.165, 1.54) is 0 Å². The Hall–Kier alpha value is -2.76. The minimum atomic E-state index is 0.548. The lowest BCUT2D eigenvalue weighted by atomic mass is 10.2. The molecular weight excluding hydrogens is 290 g/mol. The van der Waals surface area contributed by atoms with Crippen LogP contribution in [0.15, 0.2) is 40.8 Å². The second-order valence-electron chi connectivity index (χ2n) is 5.19. The van der Waals surface area contributed by atoms with Gasteiger partial charge in [0, 0.05) is 30.3 Å². The maximum absolute atomic E-state index is 5.68. The van der Waals surface area contributed by atoms with Gasteiger partial charge in [-0.05, 0) is 25.5 Å². The number of hydrogen-bond acceptors (Lipinski definition) is 6. The fraction of sp³-hybridized carbons (Fsp3) is 0.294. The lowest BCUT2D eigenvalue weighted by molar-refractivity contribution is 0.509. The highest BCUT2D eigenvalue weighted by Gasteiger charge is 2.08. The molecule has 0 fully saturated rings. The van der Waals surface area contributed by atoms with Crippen molar-refractivity contribution >= 4 is 5.82 Å². The van der Waals surface area contributed by atoms with Crippen molar-refractivity contribution in [2.75, 3.05) is 11.9 Å². The van der Waals surface area contributed by atoms with Crippen LogP contribution in [-0.4, -0.2) is 26.7 Å². The van der Waals surface area contributed by atoms with Crippen molar-refractivity contribution in [3.8, 4) is 11.5 Å². The van der Waals surface area contributed by atoms with Crippen LogP contribution >= 0.6 is 0 Å². The van der Waals surface area contributed by atoms with E-state index in [0.717, 1.165) is 29.3 Å². The lowest BCUT2D eigenvalue weighted by Crippen LogP contribution is -2.08. The highest BCUT2D eigenvalue weighted by Crippen LogP contribution is 2.17. The second kappa shape index (κ2) is 7.00. The molecule has 1 aromatic carbocycles. The molecule has 0 saturated heterocycles. The number of rotatable bonds is 6. The smallest absolute Gasteiger partial charge is 0.247 e. The zero-order valence-corrected chi connectivity index (χ0v) is 13.3. The van der Waals surface area contributed by atoms with E-state index in [-0.39, 0.29) is 0 Å². The number of aromatic nitrogens is 4. The molecule has 0 saturated carbocycles. The van der Waals surface area contributed by atoms with Gasteiger partial charge in [0.25, 0.3) is 0 Å². The van der Waals surface area contributed by atoms with Crippen LogP contribution in [0.1, 0.15) is 24.3 Å². The maximum Gasteiger partial charge on any atom is 0.247 e. The molecule has 2 heterocycles. The molecule has 0 amide bonds. The van der Waals surface area contributed by atoms with Crippen LogP contribution in [0, 0.1) is 6.92 Å².